The summed E-state index contributed by atoms with van der Waals surface area (Å²) >= 11 is 6.25. The van der Waals surface area contributed by atoms with E-state index in [0.717, 1.165) is 19.0 Å². The van der Waals surface area contributed by atoms with E-state index in [1.165, 1.54) is 5.56 Å². The Morgan fingerprint density at radius 2 is 2.22 bits per heavy atom. The molecule has 1 aromatic rings. The van der Waals surface area contributed by atoms with Crippen LogP contribution < -0.4 is 10.5 Å². The Hall–Kier alpha value is -0.770. The first-order valence-corrected chi connectivity index (χ1v) is 6.72. The number of benzene rings is 1. The second-order valence-corrected chi connectivity index (χ2v) is 5.27. The van der Waals surface area contributed by atoms with Gasteiger partial charge in [0, 0.05) is 5.41 Å². The molecule has 2 N–H and O–H groups in total. The van der Waals surface area contributed by atoms with E-state index < -0.39 is 0 Å². The largest absolute Gasteiger partial charge is 0.492 e. The lowest BCUT2D eigenvalue weighted by Crippen LogP contribution is -2.53. The number of ether oxygens (including phenoxy) is 2. The fourth-order valence-corrected chi connectivity index (χ4v) is 2.60. The summed E-state index contributed by atoms with van der Waals surface area (Å²) in [6.45, 7) is 6.81. The summed E-state index contributed by atoms with van der Waals surface area (Å²) < 4.78 is 10.9. The average Bonchev–Trinajstić information content (AvgIpc) is 2.31. The number of halogens is 1. The third kappa shape index (κ3) is 2.22. The maximum Gasteiger partial charge on any atom is 0.137 e. The van der Waals surface area contributed by atoms with Crippen molar-refractivity contribution in [2.24, 2.45) is 11.7 Å². The Bertz CT molecular complexity index is 418. The number of hydrogen-bond acceptors (Lipinski definition) is 3. The molecule has 1 aliphatic rings. The van der Waals surface area contributed by atoms with E-state index in [4.69, 9.17) is 26.8 Å². The monoisotopic (exact) mass is 269 g/mol. The average molecular weight is 270 g/mol. The molecule has 0 radical (unpaired) electrons. The van der Waals surface area contributed by atoms with Crippen LogP contribution in [-0.2, 0) is 10.2 Å². The number of hydrogen-bond donors (Lipinski definition) is 1. The lowest BCUT2D eigenvalue weighted by Gasteiger charge is -2.46. The summed E-state index contributed by atoms with van der Waals surface area (Å²) in [6.07, 6.45) is 0. The molecule has 0 aromatic heterocycles. The van der Waals surface area contributed by atoms with Crippen molar-refractivity contribution in [3.8, 4) is 5.75 Å². The van der Waals surface area contributed by atoms with Gasteiger partial charge in [0.2, 0.25) is 0 Å². The Morgan fingerprint density at radius 3 is 2.67 bits per heavy atom. The molecular weight excluding hydrogens is 250 g/mol. The van der Waals surface area contributed by atoms with Crippen molar-refractivity contribution in [2.45, 2.75) is 19.3 Å². The smallest absolute Gasteiger partial charge is 0.137 e. The molecule has 0 spiro atoms. The Morgan fingerprint density at radius 1 is 1.50 bits per heavy atom. The minimum absolute atomic E-state index is 0.0170. The van der Waals surface area contributed by atoms with Crippen LogP contribution in [0.4, 0.5) is 0 Å². The van der Waals surface area contributed by atoms with Crippen molar-refractivity contribution < 1.29 is 9.47 Å². The Labute approximate surface area is 113 Å². The highest BCUT2D eigenvalue weighted by Gasteiger charge is 2.44. The van der Waals surface area contributed by atoms with Gasteiger partial charge in [-0.15, -0.1) is 0 Å². The van der Waals surface area contributed by atoms with E-state index >= 15 is 0 Å². The zero-order valence-corrected chi connectivity index (χ0v) is 11.7. The zero-order chi connectivity index (χ0) is 13.2. The van der Waals surface area contributed by atoms with E-state index in [0.29, 0.717) is 24.1 Å². The lowest BCUT2D eigenvalue weighted by molar-refractivity contribution is -0.0854. The van der Waals surface area contributed by atoms with Crippen LogP contribution >= 0.6 is 11.6 Å². The maximum absolute atomic E-state index is 6.25. The molecule has 1 aromatic carbocycles. The van der Waals surface area contributed by atoms with Gasteiger partial charge < -0.3 is 15.2 Å². The van der Waals surface area contributed by atoms with Gasteiger partial charge in [0.25, 0.3) is 0 Å². The summed E-state index contributed by atoms with van der Waals surface area (Å²) in [4.78, 5) is 0. The molecule has 4 heteroatoms. The van der Waals surface area contributed by atoms with Crippen molar-refractivity contribution in [3.05, 3.63) is 28.8 Å². The predicted molar refractivity (Wildman–Crippen MR) is 73.3 cm³/mol. The molecule has 1 heterocycles. The van der Waals surface area contributed by atoms with E-state index in [2.05, 4.69) is 13.0 Å². The molecule has 1 fully saturated rings. The van der Waals surface area contributed by atoms with Gasteiger partial charge in [-0.05, 0) is 37.1 Å². The standard InChI is InChI=1S/C14H20ClNO2/c1-3-18-13-5-4-11(6-12(13)15)14(8-17-9-14)10(2)7-16/h4-6,10H,3,7-9,16H2,1-2H3. The van der Waals surface area contributed by atoms with Gasteiger partial charge in [-0.25, -0.2) is 0 Å². The van der Waals surface area contributed by atoms with E-state index in [1.807, 2.05) is 19.1 Å². The molecule has 100 valence electrons. The van der Waals surface area contributed by atoms with Crippen LogP contribution in [0.1, 0.15) is 19.4 Å². The van der Waals surface area contributed by atoms with Crippen molar-refractivity contribution in [2.75, 3.05) is 26.4 Å². The molecule has 1 saturated heterocycles. The van der Waals surface area contributed by atoms with Gasteiger partial charge in [-0.1, -0.05) is 24.6 Å². The molecule has 2 rings (SSSR count). The molecule has 3 nitrogen and oxygen atoms in total. The van der Waals surface area contributed by atoms with Gasteiger partial charge in [0.05, 0.1) is 24.8 Å². The highest BCUT2D eigenvalue weighted by atomic mass is 35.5. The summed E-state index contributed by atoms with van der Waals surface area (Å²) in [5.41, 5.74) is 7.02. The highest BCUT2D eigenvalue weighted by molar-refractivity contribution is 6.32. The minimum atomic E-state index is 0.0170. The first-order chi connectivity index (χ1) is 8.64. The van der Waals surface area contributed by atoms with E-state index in [-0.39, 0.29) is 5.41 Å². The van der Waals surface area contributed by atoms with Crippen LogP contribution in [0, 0.1) is 5.92 Å². The quantitative estimate of drug-likeness (QED) is 0.894. The fraction of sp³-hybridized carbons (Fsp3) is 0.571. The summed E-state index contributed by atoms with van der Waals surface area (Å²) in [7, 11) is 0. The Kier molecular flexibility index (Phi) is 4.15. The van der Waals surface area contributed by atoms with Gasteiger partial charge in [0.15, 0.2) is 0 Å². The second-order valence-electron chi connectivity index (χ2n) is 4.86. The maximum atomic E-state index is 6.25. The fourth-order valence-electron chi connectivity index (χ4n) is 2.37. The van der Waals surface area contributed by atoms with E-state index in [9.17, 15) is 0 Å². The number of nitrogens with two attached hydrogens (primary N) is 1. The molecular formula is C14H20ClNO2. The predicted octanol–water partition coefficient (Wildman–Crippen LogP) is 2.60. The minimum Gasteiger partial charge on any atom is -0.492 e. The first-order valence-electron chi connectivity index (χ1n) is 6.34. The molecule has 1 unspecified atom stereocenters. The normalized spacial score (nSPS) is 19.1. The van der Waals surface area contributed by atoms with Crippen LogP contribution in [-0.4, -0.2) is 26.4 Å². The van der Waals surface area contributed by atoms with Crippen LogP contribution in [0.3, 0.4) is 0 Å². The highest BCUT2D eigenvalue weighted by Crippen LogP contribution is 2.41. The lowest BCUT2D eigenvalue weighted by atomic mass is 9.69. The second kappa shape index (κ2) is 5.47. The van der Waals surface area contributed by atoms with Crippen LogP contribution in [0.15, 0.2) is 18.2 Å². The molecule has 0 aliphatic carbocycles. The van der Waals surface area contributed by atoms with Gasteiger partial charge >= 0.3 is 0 Å². The zero-order valence-electron chi connectivity index (χ0n) is 10.9. The third-order valence-corrected chi connectivity index (χ3v) is 4.12. The topological polar surface area (TPSA) is 44.5 Å². The first kappa shape index (κ1) is 13.7. The Balaban J connectivity index is 2.30. The summed E-state index contributed by atoms with van der Waals surface area (Å²) in [5.74, 6) is 1.11. The number of rotatable bonds is 5. The SMILES string of the molecule is CCOc1ccc(C2(C(C)CN)COC2)cc1Cl. The third-order valence-electron chi connectivity index (χ3n) is 3.82. The molecule has 0 saturated carbocycles. The molecule has 0 bridgehead atoms. The molecule has 1 atom stereocenters. The van der Waals surface area contributed by atoms with Crippen molar-refractivity contribution in [3.63, 3.8) is 0 Å². The van der Waals surface area contributed by atoms with Crippen molar-refractivity contribution in [1.29, 1.82) is 0 Å². The summed E-state index contributed by atoms with van der Waals surface area (Å²) in [6, 6.07) is 6.00. The molecule has 18 heavy (non-hydrogen) atoms. The van der Waals surface area contributed by atoms with E-state index in [1.54, 1.807) is 0 Å². The summed E-state index contributed by atoms with van der Waals surface area (Å²) in [5, 5.41) is 0.657. The molecule has 0 amide bonds. The van der Waals surface area contributed by atoms with Crippen molar-refractivity contribution >= 4 is 11.6 Å². The van der Waals surface area contributed by atoms with Crippen LogP contribution in [0.5, 0.6) is 5.75 Å². The van der Waals surface area contributed by atoms with Crippen LogP contribution in [0.25, 0.3) is 0 Å². The van der Waals surface area contributed by atoms with Gasteiger partial charge in [-0.2, -0.15) is 0 Å². The van der Waals surface area contributed by atoms with Crippen molar-refractivity contribution in [1.82, 2.24) is 0 Å². The van der Waals surface area contributed by atoms with Gasteiger partial charge in [-0.3, -0.25) is 0 Å². The molecule has 1 aliphatic heterocycles. The van der Waals surface area contributed by atoms with Crippen LogP contribution in [0.2, 0.25) is 5.02 Å². The van der Waals surface area contributed by atoms with Gasteiger partial charge in [0.1, 0.15) is 5.75 Å².